The van der Waals surface area contributed by atoms with Crippen molar-refractivity contribution in [3.05, 3.63) is 24.0 Å². The van der Waals surface area contributed by atoms with Gasteiger partial charge in [0.15, 0.2) is 0 Å². The summed E-state index contributed by atoms with van der Waals surface area (Å²) in [7, 11) is 0. The van der Waals surface area contributed by atoms with Crippen molar-refractivity contribution in [1.82, 2.24) is 10.3 Å². The van der Waals surface area contributed by atoms with Gasteiger partial charge in [0, 0.05) is 24.5 Å². The standard InChI is InChI=1S/C13H22N2/c1-11-6-3-2-4-8-13(11)15-10-12-7-5-9-14-12/h5,7,9,11,13-15H,2-4,6,8,10H2,1H3. The molecule has 0 amide bonds. The van der Waals surface area contributed by atoms with Crippen LogP contribution in [0.2, 0.25) is 0 Å². The van der Waals surface area contributed by atoms with Crippen molar-refractivity contribution in [1.29, 1.82) is 0 Å². The van der Waals surface area contributed by atoms with E-state index < -0.39 is 0 Å². The van der Waals surface area contributed by atoms with Crippen molar-refractivity contribution in [3.8, 4) is 0 Å². The van der Waals surface area contributed by atoms with Gasteiger partial charge in [0.05, 0.1) is 0 Å². The fourth-order valence-corrected chi connectivity index (χ4v) is 2.51. The Labute approximate surface area is 92.5 Å². The molecule has 1 aromatic rings. The first-order valence-corrected chi connectivity index (χ1v) is 6.22. The maximum absolute atomic E-state index is 3.68. The Morgan fingerprint density at radius 2 is 2.20 bits per heavy atom. The topological polar surface area (TPSA) is 27.8 Å². The van der Waals surface area contributed by atoms with Gasteiger partial charge in [-0.3, -0.25) is 0 Å². The Balaban J connectivity index is 1.81. The molecule has 1 saturated carbocycles. The predicted molar refractivity (Wildman–Crippen MR) is 63.7 cm³/mol. The lowest BCUT2D eigenvalue weighted by atomic mass is 9.97. The van der Waals surface area contributed by atoms with Gasteiger partial charge in [-0.05, 0) is 30.9 Å². The number of H-pyrrole nitrogens is 1. The zero-order valence-corrected chi connectivity index (χ0v) is 9.63. The Hall–Kier alpha value is -0.760. The number of hydrogen-bond donors (Lipinski definition) is 2. The molecule has 0 aromatic carbocycles. The molecule has 0 radical (unpaired) electrons. The van der Waals surface area contributed by atoms with Crippen LogP contribution in [0.1, 0.15) is 44.7 Å². The minimum atomic E-state index is 0.718. The monoisotopic (exact) mass is 206 g/mol. The van der Waals surface area contributed by atoms with Gasteiger partial charge >= 0.3 is 0 Å². The van der Waals surface area contributed by atoms with Crippen LogP contribution in [0.4, 0.5) is 0 Å². The third-order valence-corrected chi connectivity index (χ3v) is 3.58. The Kier molecular flexibility index (Phi) is 3.84. The Bertz CT molecular complexity index is 266. The second-order valence-corrected chi connectivity index (χ2v) is 4.80. The summed E-state index contributed by atoms with van der Waals surface area (Å²) < 4.78 is 0. The molecule has 2 nitrogen and oxygen atoms in total. The first-order valence-electron chi connectivity index (χ1n) is 6.22. The Morgan fingerprint density at radius 1 is 1.33 bits per heavy atom. The van der Waals surface area contributed by atoms with Gasteiger partial charge in [0.1, 0.15) is 0 Å². The molecule has 0 spiro atoms. The van der Waals surface area contributed by atoms with Crippen LogP contribution < -0.4 is 5.32 Å². The molecule has 15 heavy (non-hydrogen) atoms. The minimum Gasteiger partial charge on any atom is -0.364 e. The molecule has 1 aromatic heterocycles. The van der Waals surface area contributed by atoms with Crippen LogP contribution in [-0.2, 0) is 6.54 Å². The van der Waals surface area contributed by atoms with E-state index in [4.69, 9.17) is 0 Å². The SMILES string of the molecule is CC1CCCCCC1NCc1ccc[nH]1. The van der Waals surface area contributed by atoms with Gasteiger partial charge < -0.3 is 10.3 Å². The maximum Gasteiger partial charge on any atom is 0.0359 e. The van der Waals surface area contributed by atoms with Crippen LogP contribution in [0.3, 0.4) is 0 Å². The molecule has 1 heterocycles. The summed E-state index contributed by atoms with van der Waals surface area (Å²) in [6.45, 7) is 3.37. The normalized spacial score (nSPS) is 27.5. The molecule has 0 aliphatic heterocycles. The van der Waals surface area contributed by atoms with Gasteiger partial charge in [-0.15, -0.1) is 0 Å². The number of aromatic nitrogens is 1. The lowest BCUT2D eigenvalue weighted by Gasteiger charge is -2.22. The van der Waals surface area contributed by atoms with E-state index >= 15 is 0 Å². The highest BCUT2D eigenvalue weighted by atomic mass is 14.9. The van der Waals surface area contributed by atoms with E-state index in [1.54, 1.807) is 0 Å². The zero-order valence-electron chi connectivity index (χ0n) is 9.63. The largest absolute Gasteiger partial charge is 0.364 e. The van der Waals surface area contributed by atoms with Crippen LogP contribution in [0.25, 0.3) is 0 Å². The molecule has 0 saturated heterocycles. The zero-order chi connectivity index (χ0) is 10.5. The molecular formula is C13H22N2. The summed E-state index contributed by atoms with van der Waals surface area (Å²) in [5.41, 5.74) is 1.30. The highest BCUT2D eigenvalue weighted by Crippen LogP contribution is 2.23. The molecule has 2 heteroatoms. The molecule has 1 fully saturated rings. The molecular weight excluding hydrogens is 184 g/mol. The van der Waals surface area contributed by atoms with Crippen molar-refractivity contribution >= 4 is 0 Å². The van der Waals surface area contributed by atoms with Gasteiger partial charge in [-0.2, -0.15) is 0 Å². The van der Waals surface area contributed by atoms with Crippen LogP contribution in [0.15, 0.2) is 18.3 Å². The van der Waals surface area contributed by atoms with E-state index in [9.17, 15) is 0 Å². The molecule has 2 unspecified atom stereocenters. The number of nitrogens with one attached hydrogen (secondary N) is 2. The summed E-state index contributed by atoms with van der Waals surface area (Å²) in [6, 6.07) is 4.93. The van der Waals surface area contributed by atoms with Gasteiger partial charge in [-0.1, -0.05) is 26.2 Å². The molecule has 0 bridgehead atoms. The van der Waals surface area contributed by atoms with Crippen LogP contribution in [0, 0.1) is 5.92 Å². The summed E-state index contributed by atoms with van der Waals surface area (Å²) in [5, 5.41) is 3.68. The van der Waals surface area contributed by atoms with Gasteiger partial charge in [-0.25, -0.2) is 0 Å². The third-order valence-electron chi connectivity index (χ3n) is 3.58. The van der Waals surface area contributed by atoms with E-state index in [1.165, 1.54) is 37.8 Å². The van der Waals surface area contributed by atoms with E-state index in [-0.39, 0.29) is 0 Å². The summed E-state index contributed by atoms with van der Waals surface area (Å²) in [4.78, 5) is 3.24. The van der Waals surface area contributed by atoms with Crippen molar-refractivity contribution in [2.24, 2.45) is 5.92 Å². The van der Waals surface area contributed by atoms with E-state index in [2.05, 4.69) is 29.4 Å². The van der Waals surface area contributed by atoms with Crippen LogP contribution >= 0.6 is 0 Å². The summed E-state index contributed by atoms with van der Waals surface area (Å²) >= 11 is 0. The highest BCUT2D eigenvalue weighted by molar-refractivity contribution is 5.03. The maximum atomic E-state index is 3.68. The van der Waals surface area contributed by atoms with Crippen LogP contribution in [0.5, 0.6) is 0 Å². The number of rotatable bonds is 3. The van der Waals surface area contributed by atoms with E-state index in [1.807, 2.05) is 6.20 Å². The molecule has 1 aliphatic rings. The molecule has 2 rings (SSSR count). The lowest BCUT2D eigenvalue weighted by Crippen LogP contribution is -2.33. The third kappa shape index (κ3) is 3.10. The quantitative estimate of drug-likeness (QED) is 0.731. The van der Waals surface area contributed by atoms with Crippen molar-refractivity contribution in [3.63, 3.8) is 0 Å². The summed E-state index contributed by atoms with van der Waals surface area (Å²) in [5.74, 6) is 0.836. The first-order chi connectivity index (χ1) is 7.36. The van der Waals surface area contributed by atoms with Crippen LogP contribution in [-0.4, -0.2) is 11.0 Å². The molecule has 84 valence electrons. The Morgan fingerprint density at radius 3 is 3.00 bits per heavy atom. The van der Waals surface area contributed by atoms with E-state index in [0.717, 1.165) is 18.5 Å². The number of aromatic amines is 1. The second kappa shape index (κ2) is 5.36. The average molecular weight is 206 g/mol. The fraction of sp³-hybridized carbons (Fsp3) is 0.692. The smallest absolute Gasteiger partial charge is 0.0359 e. The van der Waals surface area contributed by atoms with Gasteiger partial charge in [0.2, 0.25) is 0 Å². The lowest BCUT2D eigenvalue weighted by molar-refractivity contribution is 0.355. The predicted octanol–water partition coefficient (Wildman–Crippen LogP) is 3.07. The molecule has 1 aliphatic carbocycles. The minimum absolute atomic E-state index is 0.718. The van der Waals surface area contributed by atoms with Crippen molar-refractivity contribution < 1.29 is 0 Å². The molecule has 2 atom stereocenters. The molecule has 2 N–H and O–H groups in total. The highest BCUT2D eigenvalue weighted by Gasteiger charge is 2.18. The number of hydrogen-bond acceptors (Lipinski definition) is 1. The van der Waals surface area contributed by atoms with E-state index in [0.29, 0.717) is 0 Å². The fourth-order valence-electron chi connectivity index (χ4n) is 2.51. The first kappa shape index (κ1) is 10.7. The second-order valence-electron chi connectivity index (χ2n) is 4.80. The van der Waals surface area contributed by atoms with Gasteiger partial charge in [0.25, 0.3) is 0 Å². The average Bonchev–Trinajstić information content (AvgIpc) is 2.67. The summed E-state index contributed by atoms with van der Waals surface area (Å²) in [6.07, 6.45) is 8.97. The van der Waals surface area contributed by atoms with Crippen molar-refractivity contribution in [2.45, 2.75) is 51.6 Å². The van der Waals surface area contributed by atoms with Crippen molar-refractivity contribution in [2.75, 3.05) is 0 Å².